The van der Waals surface area contributed by atoms with Crippen LogP contribution in [0.5, 0.6) is 11.6 Å². The topological polar surface area (TPSA) is 82.3 Å². The van der Waals surface area contributed by atoms with Crippen LogP contribution in [0.2, 0.25) is 0 Å². The molecule has 0 amide bonds. The van der Waals surface area contributed by atoms with Crippen molar-refractivity contribution in [2.75, 3.05) is 12.5 Å². The Balaban J connectivity index is 2.18. The second-order valence-electron chi connectivity index (χ2n) is 3.59. The number of nitrogen functional groups attached to an aromatic ring is 1. The smallest absolute Gasteiger partial charge is 0.262 e. The Morgan fingerprint density at radius 2 is 2.11 bits per heavy atom. The lowest BCUT2D eigenvalue weighted by Gasteiger charge is -2.12. The number of rotatable bonds is 5. The lowest BCUT2D eigenvalue weighted by atomic mass is 10.2. The summed E-state index contributed by atoms with van der Waals surface area (Å²) in [7, 11) is 1.50. The highest BCUT2D eigenvalue weighted by Gasteiger charge is 2.13. The molecule has 0 spiro atoms. The Morgan fingerprint density at radius 1 is 1.32 bits per heavy atom. The van der Waals surface area contributed by atoms with Crippen molar-refractivity contribution in [2.45, 2.75) is 6.61 Å². The van der Waals surface area contributed by atoms with E-state index in [0.717, 1.165) is 10.0 Å². The van der Waals surface area contributed by atoms with Gasteiger partial charge in [-0.25, -0.2) is 10.8 Å². The van der Waals surface area contributed by atoms with Crippen LogP contribution in [0.4, 0.5) is 5.82 Å². The van der Waals surface area contributed by atoms with Crippen LogP contribution in [0.15, 0.2) is 35.1 Å². The molecule has 3 N–H and O–H groups in total. The number of hydrogen-bond acceptors (Lipinski definition) is 6. The summed E-state index contributed by atoms with van der Waals surface area (Å²) in [5.74, 6) is 6.42. The third-order valence-electron chi connectivity index (χ3n) is 2.43. The second kappa shape index (κ2) is 6.35. The molecule has 0 bridgehead atoms. The Kier molecular flexibility index (Phi) is 4.53. The summed E-state index contributed by atoms with van der Waals surface area (Å²) < 4.78 is 11.8. The predicted molar refractivity (Wildman–Crippen MR) is 74.9 cm³/mol. The number of anilines is 1. The first-order chi connectivity index (χ1) is 9.26. The highest BCUT2D eigenvalue weighted by Crippen LogP contribution is 2.31. The monoisotopic (exact) mass is 324 g/mol. The summed E-state index contributed by atoms with van der Waals surface area (Å²) in [5.41, 5.74) is 3.44. The van der Waals surface area contributed by atoms with E-state index in [4.69, 9.17) is 15.3 Å². The van der Waals surface area contributed by atoms with Crippen LogP contribution in [-0.2, 0) is 6.61 Å². The Hall–Kier alpha value is -1.86. The predicted octanol–water partition coefficient (Wildman–Crippen LogP) is 2.11. The van der Waals surface area contributed by atoms with E-state index < -0.39 is 0 Å². The molecule has 2 rings (SSSR count). The number of nitrogens with zero attached hydrogens (tertiary/aromatic N) is 2. The van der Waals surface area contributed by atoms with Crippen LogP contribution in [0.1, 0.15) is 5.56 Å². The van der Waals surface area contributed by atoms with Crippen LogP contribution in [0.25, 0.3) is 0 Å². The number of nitrogens with one attached hydrogen (secondary N) is 1. The molecule has 0 saturated carbocycles. The summed E-state index contributed by atoms with van der Waals surface area (Å²) in [4.78, 5) is 7.97. The molecule has 0 unspecified atom stereocenters. The average Bonchev–Trinajstić information content (AvgIpc) is 2.45. The van der Waals surface area contributed by atoms with Gasteiger partial charge in [0, 0.05) is 10.0 Å². The number of aromatic nitrogens is 2. The van der Waals surface area contributed by atoms with Gasteiger partial charge < -0.3 is 14.9 Å². The molecular formula is C12H13BrN4O2. The number of methoxy groups -OCH3 is 1. The third-order valence-corrected chi connectivity index (χ3v) is 3.21. The maximum Gasteiger partial charge on any atom is 0.262 e. The molecule has 1 aromatic heterocycles. The molecule has 19 heavy (non-hydrogen) atoms. The van der Waals surface area contributed by atoms with Gasteiger partial charge >= 0.3 is 0 Å². The zero-order valence-electron chi connectivity index (χ0n) is 10.3. The fraction of sp³-hybridized carbons (Fsp3) is 0.167. The second-order valence-corrected chi connectivity index (χ2v) is 4.44. The van der Waals surface area contributed by atoms with Gasteiger partial charge in [0.15, 0.2) is 5.82 Å². The van der Waals surface area contributed by atoms with Crippen LogP contribution in [-0.4, -0.2) is 17.1 Å². The summed E-state index contributed by atoms with van der Waals surface area (Å²) in [5, 5.41) is 0. The van der Waals surface area contributed by atoms with Gasteiger partial charge in [-0.15, -0.1) is 0 Å². The van der Waals surface area contributed by atoms with E-state index in [1.165, 1.54) is 13.4 Å². The lowest BCUT2D eigenvalue weighted by molar-refractivity contribution is 0.271. The SMILES string of the molecule is COc1c(NN)ncnc1OCc1ccccc1Br. The molecule has 0 fully saturated rings. The number of benzene rings is 1. The standard InChI is InChI=1S/C12H13BrN4O2/c1-18-10-11(17-14)15-7-16-12(10)19-6-8-4-2-3-5-9(8)13/h2-5,7H,6,14H2,1H3,(H,15,16,17). The first-order valence-electron chi connectivity index (χ1n) is 5.48. The number of nitrogens with two attached hydrogens (primary N) is 1. The van der Waals surface area contributed by atoms with E-state index >= 15 is 0 Å². The largest absolute Gasteiger partial charge is 0.489 e. The quantitative estimate of drug-likeness (QED) is 0.647. The van der Waals surface area contributed by atoms with Crippen molar-refractivity contribution in [3.63, 3.8) is 0 Å². The molecule has 2 aromatic rings. The van der Waals surface area contributed by atoms with E-state index in [0.29, 0.717) is 24.1 Å². The molecule has 1 aromatic carbocycles. The molecule has 0 aliphatic heterocycles. The average molecular weight is 325 g/mol. The van der Waals surface area contributed by atoms with E-state index in [2.05, 4.69) is 31.3 Å². The van der Waals surface area contributed by atoms with Crippen molar-refractivity contribution in [1.29, 1.82) is 0 Å². The van der Waals surface area contributed by atoms with E-state index in [1.54, 1.807) is 0 Å². The van der Waals surface area contributed by atoms with E-state index in [9.17, 15) is 0 Å². The van der Waals surface area contributed by atoms with Crippen molar-refractivity contribution in [1.82, 2.24) is 9.97 Å². The molecular weight excluding hydrogens is 312 g/mol. The van der Waals surface area contributed by atoms with Gasteiger partial charge in [0.05, 0.1) is 7.11 Å². The lowest BCUT2D eigenvalue weighted by Crippen LogP contribution is -2.11. The number of hydrogen-bond donors (Lipinski definition) is 2. The van der Waals surface area contributed by atoms with E-state index in [-0.39, 0.29) is 0 Å². The van der Waals surface area contributed by atoms with Crippen LogP contribution < -0.4 is 20.7 Å². The van der Waals surface area contributed by atoms with Crippen LogP contribution >= 0.6 is 15.9 Å². The third kappa shape index (κ3) is 3.12. The Bertz CT molecular complexity index is 565. The normalized spacial score (nSPS) is 10.1. The van der Waals surface area contributed by atoms with Crippen molar-refractivity contribution < 1.29 is 9.47 Å². The van der Waals surface area contributed by atoms with Gasteiger partial charge in [0.25, 0.3) is 5.88 Å². The van der Waals surface area contributed by atoms with E-state index in [1.807, 2.05) is 24.3 Å². The van der Waals surface area contributed by atoms with Crippen LogP contribution in [0, 0.1) is 0 Å². The first-order valence-corrected chi connectivity index (χ1v) is 6.27. The minimum atomic E-state index is 0.334. The highest BCUT2D eigenvalue weighted by molar-refractivity contribution is 9.10. The first kappa shape index (κ1) is 13.6. The zero-order chi connectivity index (χ0) is 13.7. The van der Waals surface area contributed by atoms with Gasteiger partial charge in [-0.05, 0) is 6.07 Å². The Morgan fingerprint density at radius 3 is 2.79 bits per heavy atom. The molecule has 1 heterocycles. The maximum atomic E-state index is 5.64. The van der Waals surface area contributed by atoms with Crippen molar-refractivity contribution >= 4 is 21.7 Å². The fourth-order valence-corrected chi connectivity index (χ4v) is 1.91. The van der Waals surface area contributed by atoms with Gasteiger partial charge in [0.1, 0.15) is 12.9 Å². The van der Waals surface area contributed by atoms with Crippen molar-refractivity contribution in [3.8, 4) is 11.6 Å². The molecule has 0 aliphatic carbocycles. The number of hydrazine groups is 1. The summed E-state index contributed by atoms with van der Waals surface area (Å²) in [6.07, 6.45) is 1.35. The zero-order valence-corrected chi connectivity index (χ0v) is 11.8. The van der Waals surface area contributed by atoms with Gasteiger partial charge in [-0.3, -0.25) is 0 Å². The molecule has 0 saturated heterocycles. The molecule has 0 atom stereocenters. The summed E-state index contributed by atoms with van der Waals surface area (Å²) >= 11 is 3.46. The summed E-state index contributed by atoms with van der Waals surface area (Å²) in [6, 6.07) is 7.78. The van der Waals surface area contributed by atoms with Crippen molar-refractivity contribution in [2.24, 2.45) is 5.84 Å². The van der Waals surface area contributed by atoms with Gasteiger partial charge in [-0.1, -0.05) is 34.1 Å². The molecule has 6 nitrogen and oxygen atoms in total. The fourth-order valence-electron chi connectivity index (χ4n) is 1.51. The highest BCUT2D eigenvalue weighted by atomic mass is 79.9. The number of halogens is 1. The molecule has 100 valence electrons. The van der Waals surface area contributed by atoms with Gasteiger partial charge in [0.2, 0.25) is 5.75 Å². The minimum absolute atomic E-state index is 0.334. The molecule has 0 radical (unpaired) electrons. The maximum absolute atomic E-state index is 5.64. The molecule has 7 heteroatoms. The summed E-state index contributed by atoms with van der Waals surface area (Å²) in [6.45, 7) is 0.360. The van der Waals surface area contributed by atoms with Gasteiger partial charge in [-0.2, -0.15) is 4.98 Å². The molecule has 0 aliphatic rings. The number of ether oxygens (including phenoxy) is 2. The Labute approximate surface area is 119 Å². The van der Waals surface area contributed by atoms with Crippen molar-refractivity contribution in [3.05, 3.63) is 40.6 Å². The minimum Gasteiger partial charge on any atom is -0.489 e. The van der Waals surface area contributed by atoms with Crippen LogP contribution in [0.3, 0.4) is 0 Å².